The third-order valence-corrected chi connectivity index (χ3v) is 14.0. The van der Waals surface area contributed by atoms with Crippen molar-refractivity contribution in [2.75, 3.05) is 0 Å². The second-order valence-corrected chi connectivity index (χ2v) is 19.4. The summed E-state index contributed by atoms with van der Waals surface area (Å²) in [4.78, 5) is 132. The van der Waals surface area contributed by atoms with Gasteiger partial charge >= 0.3 is 47.8 Å². The number of fused-ring (bicyclic) bond motifs is 20. The Morgan fingerprint density at radius 1 is 0.263 bits per heavy atom. The number of nitrogens with zero attached hydrogens (tertiary/aromatic N) is 6. The monoisotopic (exact) mass is 1090 g/mol. The zero-order valence-corrected chi connectivity index (χ0v) is 42.5. The number of aryl methyl sites for hydroxylation is 8. The van der Waals surface area contributed by atoms with Gasteiger partial charge in [-0.1, -0.05) is 0 Å². The molecule has 0 radical (unpaired) electrons. The van der Waals surface area contributed by atoms with Gasteiger partial charge in [0.1, 0.15) is 22.6 Å². The largest absolute Gasteiger partial charge is 0.481 e. The molecule has 24 nitrogen and oxygen atoms in total. The molecule has 80 heavy (non-hydrogen) atoms. The summed E-state index contributed by atoms with van der Waals surface area (Å²) in [7, 11) is 0. The Bertz CT molecular complexity index is 3480. The average molecular weight is 1090 g/mol. The highest BCUT2D eigenvalue weighted by atomic mass is 16.4. The molecule has 410 valence electrons. The second-order valence-electron chi connectivity index (χ2n) is 19.4. The summed E-state index contributed by atoms with van der Waals surface area (Å²) >= 11 is 0. The molecule has 7 aromatic rings. The first-order chi connectivity index (χ1) is 38.2. The van der Waals surface area contributed by atoms with Crippen LogP contribution in [0, 0.1) is 0 Å². The minimum atomic E-state index is -1.11. The van der Waals surface area contributed by atoms with Gasteiger partial charge in [0, 0.05) is 95.2 Å². The van der Waals surface area contributed by atoms with E-state index >= 15 is 0 Å². The quantitative estimate of drug-likeness (QED) is 0.0291. The third kappa shape index (κ3) is 12.2. The Morgan fingerprint density at radius 3 is 0.588 bits per heavy atom. The lowest BCUT2D eigenvalue weighted by atomic mass is 9.93. The molecule has 10 N–H and O–H groups in total. The zero-order valence-electron chi connectivity index (χ0n) is 42.5. The van der Waals surface area contributed by atoms with Crippen LogP contribution in [0.4, 0.5) is 0 Å². The van der Waals surface area contributed by atoms with E-state index < -0.39 is 47.8 Å². The fourth-order valence-corrected chi connectivity index (χ4v) is 10.1. The van der Waals surface area contributed by atoms with Crippen LogP contribution in [0.3, 0.4) is 0 Å². The van der Waals surface area contributed by atoms with Crippen LogP contribution in [0.2, 0.25) is 0 Å². The number of carboxylic acid groups (broad SMARTS) is 8. The van der Waals surface area contributed by atoms with Crippen LogP contribution < -0.4 is 0 Å². The van der Waals surface area contributed by atoms with Crippen LogP contribution in [0.15, 0.2) is 48.5 Å². The topological polar surface area (TPSA) is 407 Å². The van der Waals surface area contributed by atoms with E-state index in [9.17, 15) is 79.2 Å². The lowest BCUT2D eigenvalue weighted by Gasteiger charge is -2.11. The van der Waals surface area contributed by atoms with Crippen molar-refractivity contribution < 1.29 is 79.2 Å². The van der Waals surface area contributed by atoms with Gasteiger partial charge in [-0.05, 0) is 144 Å². The molecule has 0 amide bonds. The summed E-state index contributed by atoms with van der Waals surface area (Å²) in [6.45, 7) is 0. The van der Waals surface area contributed by atoms with E-state index in [1.54, 1.807) is 48.5 Å². The van der Waals surface area contributed by atoms with E-state index in [0.29, 0.717) is 88.3 Å². The standard InChI is InChI=1S/C56H50N8O16/c65-41(66)9-1-25-17-33-34(18-26(25)2-10-42(67)68)50-57-49(33)61-51-35-19-27(3-11-43(69)70)28(4-12-44(71)72)20-36(35)53(58-51)63-55-39-23-31(7-15-47(77)78)32(8-16-48(79)80)24-40(39)56(60-55)64-54-38-22-30(6-14-46(75)76)29(5-13-45(73)74)21-37(38)52(59-54)62-50/h17-24H,1-16H2,(H,65,66)(H,67,68)(H,69,70)(H,71,72)(H,73,74)(H,75,76)(H,77,78)(H,79,80)(H2,57,58,59,60,61,62,63,64). The number of carbonyl (C=O) groups is 8. The molecule has 5 heterocycles. The highest BCUT2D eigenvalue weighted by Gasteiger charge is 2.27. The van der Waals surface area contributed by atoms with Crippen molar-refractivity contribution in [2.24, 2.45) is 0 Å². The number of hydrogen-bond donors (Lipinski definition) is 10. The van der Waals surface area contributed by atoms with Gasteiger partial charge in [-0.3, -0.25) is 38.4 Å². The molecule has 0 spiro atoms. The summed E-state index contributed by atoms with van der Waals surface area (Å²) < 4.78 is 0. The van der Waals surface area contributed by atoms with Gasteiger partial charge in [0.05, 0.1) is 0 Å². The SMILES string of the molecule is O=C(O)CCc1cc2c(cc1CCC(=O)O)-c1nc-2nc2[nH]c(nc3nc(nc4[nH]c(n1)c1cc(CCC(=O)O)c(CCC(=O)O)cc41)-c1cc(CCC(=O)O)c(CCC(=O)O)cc1-3)c1cc(CCC(=O)O)c(CCC(=O)O)cc21. The van der Waals surface area contributed by atoms with Crippen molar-refractivity contribution in [3.8, 4) is 45.6 Å². The molecular weight excluding hydrogens is 1040 g/mol. The van der Waals surface area contributed by atoms with Crippen molar-refractivity contribution in [2.45, 2.75) is 103 Å². The number of nitrogens with one attached hydrogen (secondary N) is 2. The van der Waals surface area contributed by atoms with Crippen molar-refractivity contribution in [3.05, 3.63) is 93.0 Å². The maximum absolute atomic E-state index is 12.0. The van der Waals surface area contributed by atoms with Crippen LogP contribution in [-0.2, 0) is 89.7 Å². The van der Waals surface area contributed by atoms with Gasteiger partial charge < -0.3 is 50.8 Å². The predicted octanol–water partition coefficient (Wildman–Crippen LogP) is 7.01. The number of carboxylic acids is 8. The maximum Gasteiger partial charge on any atom is 0.303 e. The summed E-state index contributed by atoms with van der Waals surface area (Å²) in [5.74, 6) is -8.67. The number of aromatic amines is 2. The molecule has 0 atom stereocenters. The zero-order chi connectivity index (χ0) is 57.1. The van der Waals surface area contributed by atoms with Gasteiger partial charge in [0.15, 0.2) is 23.3 Å². The molecule has 9 rings (SSSR count). The molecule has 0 aliphatic carbocycles. The summed E-state index contributed by atoms with van der Waals surface area (Å²) in [5.41, 5.74) is 5.94. The maximum atomic E-state index is 12.0. The number of aromatic nitrogens is 8. The minimum absolute atomic E-state index is 0.00179. The first kappa shape index (κ1) is 54.8. The molecule has 0 saturated heterocycles. The van der Waals surface area contributed by atoms with Crippen LogP contribution in [0.1, 0.15) is 95.9 Å². The van der Waals surface area contributed by atoms with Gasteiger partial charge in [-0.15, -0.1) is 0 Å². The third-order valence-electron chi connectivity index (χ3n) is 14.0. The highest BCUT2D eigenvalue weighted by Crippen LogP contribution is 2.41. The Balaban J connectivity index is 1.46. The number of benzene rings is 4. The molecule has 4 aromatic carbocycles. The van der Waals surface area contributed by atoms with Crippen LogP contribution in [-0.4, -0.2) is 128 Å². The average Bonchev–Trinajstić information content (AvgIpc) is 4.11. The molecular formula is C56H50N8O16. The van der Waals surface area contributed by atoms with Crippen molar-refractivity contribution >= 4 is 91.9 Å². The molecule has 0 fully saturated rings. The van der Waals surface area contributed by atoms with Gasteiger partial charge in [0.2, 0.25) is 0 Å². The van der Waals surface area contributed by atoms with Gasteiger partial charge in [-0.25, -0.2) is 29.9 Å². The molecule has 3 aromatic heterocycles. The summed E-state index contributed by atoms with van der Waals surface area (Å²) in [6.07, 6.45) is -2.50. The Morgan fingerprint density at radius 2 is 0.425 bits per heavy atom. The Labute approximate surface area is 450 Å². The van der Waals surface area contributed by atoms with Gasteiger partial charge in [0.25, 0.3) is 0 Å². The molecule has 2 aliphatic rings. The smallest absolute Gasteiger partial charge is 0.303 e. The predicted molar refractivity (Wildman–Crippen MR) is 284 cm³/mol. The van der Waals surface area contributed by atoms with Crippen molar-refractivity contribution in [1.82, 2.24) is 39.9 Å². The van der Waals surface area contributed by atoms with E-state index in [4.69, 9.17) is 29.9 Å². The van der Waals surface area contributed by atoms with Crippen molar-refractivity contribution in [1.29, 1.82) is 0 Å². The number of hydrogen-bond acceptors (Lipinski definition) is 14. The highest BCUT2D eigenvalue weighted by molar-refractivity contribution is 6.07. The summed E-state index contributed by atoms with van der Waals surface area (Å²) in [6, 6.07) is 13.4. The number of H-pyrrole nitrogens is 2. The van der Waals surface area contributed by atoms with Crippen LogP contribution in [0.5, 0.6) is 0 Å². The van der Waals surface area contributed by atoms with E-state index in [1.165, 1.54) is 0 Å². The molecule has 8 bridgehead atoms. The Hall–Kier alpha value is -10.0. The molecule has 24 heteroatoms. The lowest BCUT2D eigenvalue weighted by Crippen LogP contribution is -2.04. The fourth-order valence-electron chi connectivity index (χ4n) is 10.1. The van der Waals surface area contributed by atoms with E-state index in [-0.39, 0.29) is 149 Å². The summed E-state index contributed by atoms with van der Waals surface area (Å²) in [5, 5.41) is 79.7. The first-order valence-corrected chi connectivity index (χ1v) is 25.4. The molecule has 0 saturated carbocycles. The Kier molecular flexibility index (Phi) is 15.7. The first-order valence-electron chi connectivity index (χ1n) is 25.4. The lowest BCUT2D eigenvalue weighted by molar-refractivity contribution is -0.138. The second kappa shape index (κ2) is 22.9. The number of rotatable bonds is 24. The molecule has 2 aliphatic heterocycles. The number of aliphatic carboxylic acids is 8. The van der Waals surface area contributed by atoms with E-state index in [0.717, 1.165) is 0 Å². The minimum Gasteiger partial charge on any atom is -0.481 e. The van der Waals surface area contributed by atoms with E-state index in [2.05, 4.69) is 9.97 Å². The van der Waals surface area contributed by atoms with Crippen LogP contribution >= 0.6 is 0 Å². The normalized spacial score (nSPS) is 11.6. The van der Waals surface area contributed by atoms with Crippen LogP contribution in [0.25, 0.3) is 89.7 Å². The van der Waals surface area contributed by atoms with Gasteiger partial charge in [-0.2, -0.15) is 0 Å². The van der Waals surface area contributed by atoms with E-state index in [1.807, 2.05) is 0 Å². The fraction of sp³-hybridized carbons (Fsp3) is 0.286. The van der Waals surface area contributed by atoms with Crippen molar-refractivity contribution in [3.63, 3.8) is 0 Å². The molecule has 0 unspecified atom stereocenters.